The largest absolute Gasteiger partial charge is 0.468 e. The van der Waals surface area contributed by atoms with E-state index in [-0.39, 0.29) is 6.42 Å². The van der Waals surface area contributed by atoms with Crippen LogP contribution in [0.1, 0.15) is 5.56 Å². The van der Waals surface area contributed by atoms with E-state index < -0.39 is 17.9 Å². The van der Waals surface area contributed by atoms with Crippen LogP contribution in [-0.4, -0.2) is 26.2 Å². The summed E-state index contributed by atoms with van der Waals surface area (Å²) in [6.07, 6.45) is 0.149. The van der Waals surface area contributed by atoms with Gasteiger partial charge in [-0.3, -0.25) is 9.59 Å². The lowest BCUT2D eigenvalue weighted by Crippen LogP contribution is -2.28. The molecule has 1 rings (SSSR count). The summed E-state index contributed by atoms with van der Waals surface area (Å²) >= 11 is 11.6. The number of ether oxygens (including phenoxy) is 2. The average Bonchev–Trinajstić information content (AvgIpc) is 2.38. The van der Waals surface area contributed by atoms with Gasteiger partial charge in [0, 0.05) is 0 Å². The second-order valence-electron chi connectivity index (χ2n) is 3.55. The van der Waals surface area contributed by atoms with Crippen molar-refractivity contribution in [2.75, 3.05) is 14.2 Å². The van der Waals surface area contributed by atoms with E-state index in [9.17, 15) is 9.59 Å². The van der Waals surface area contributed by atoms with Gasteiger partial charge >= 0.3 is 11.9 Å². The highest BCUT2D eigenvalue weighted by atomic mass is 35.5. The van der Waals surface area contributed by atoms with Crippen molar-refractivity contribution in [3.05, 3.63) is 33.8 Å². The molecule has 0 aromatic heterocycles. The van der Waals surface area contributed by atoms with Gasteiger partial charge < -0.3 is 9.47 Å². The Kier molecular flexibility index (Phi) is 5.44. The average molecular weight is 291 g/mol. The van der Waals surface area contributed by atoms with Gasteiger partial charge in [0.2, 0.25) is 0 Å². The molecular weight excluding hydrogens is 279 g/mol. The Morgan fingerprint density at radius 2 is 1.67 bits per heavy atom. The fraction of sp³-hybridized carbons (Fsp3) is 0.333. The maximum atomic E-state index is 11.5. The molecule has 0 saturated carbocycles. The fourth-order valence-corrected chi connectivity index (χ4v) is 1.77. The van der Waals surface area contributed by atoms with Gasteiger partial charge in [0.05, 0.1) is 24.3 Å². The Hall–Kier alpha value is -1.26. The molecule has 0 radical (unpaired) electrons. The molecule has 0 amide bonds. The van der Waals surface area contributed by atoms with Crippen LogP contribution in [-0.2, 0) is 25.5 Å². The first kappa shape index (κ1) is 14.8. The van der Waals surface area contributed by atoms with E-state index in [1.54, 1.807) is 18.2 Å². The van der Waals surface area contributed by atoms with E-state index in [1.807, 2.05) is 0 Å². The molecule has 4 nitrogen and oxygen atoms in total. The Morgan fingerprint density at radius 3 is 2.11 bits per heavy atom. The van der Waals surface area contributed by atoms with Crippen LogP contribution in [0.3, 0.4) is 0 Å². The van der Waals surface area contributed by atoms with Crippen molar-refractivity contribution in [1.82, 2.24) is 0 Å². The van der Waals surface area contributed by atoms with Crippen molar-refractivity contribution >= 4 is 35.1 Å². The quantitative estimate of drug-likeness (QED) is 0.632. The van der Waals surface area contributed by atoms with Gasteiger partial charge in [0.1, 0.15) is 0 Å². The van der Waals surface area contributed by atoms with Crippen LogP contribution in [0.4, 0.5) is 0 Å². The zero-order valence-corrected chi connectivity index (χ0v) is 11.4. The molecule has 1 aromatic carbocycles. The number of hydrogen-bond acceptors (Lipinski definition) is 4. The molecule has 0 unspecified atom stereocenters. The number of halogens is 2. The Balaban J connectivity index is 2.92. The molecule has 0 bridgehead atoms. The van der Waals surface area contributed by atoms with Crippen LogP contribution in [0.25, 0.3) is 0 Å². The summed E-state index contributed by atoms with van der Waals surface area (Å²) in [5.41, 5.74) is 0.699. The molecule has 0 fully saturated rings. The van der Waals surface area contributed by atoms with Crippen molar-refractivity contribution < 1.29 is 19.1 Å². The Bertz CT molecular complexity index is 443. The molecule has 18 heavy (non-hydrogen) atoms. The minimum atomic E-state index is -1.00. The number of carbonyl (C=O) groups excluding carboxylic acids is 2. The van der Waals surface area contributed by atoms with Crippen molar-refractivity contribution in [1.29, 1.82) is 0 Å². The molecule has 0 aliphatic carbocycles. The van der Waals surface area contributed by atoms with Gasteiger partial charge in [0.15, 0.2) is 5.92 Å². The van der Waals surface area contributed by atoms with Crippen molar-refractivity contribution in [2.45, 2.75) is 6.42 Å². The second kappa shape index (κ2) is 6.61. The zero-order valence-electron chi connectivity index (χ0n) is 9.91. The number of carbonyl (C=O) groups is 2. The number of rotatable bonds is 4. The molecule has 0 N–H and O–H groups in total. The van der Waals surface area contributed by atoms with Crippen molar-refractivity contribution in [2.24, 2.45) is 5.92 Å². The van der Waals surface area contributed by atoms with Gasteiger partial charge in [0.25, 0.3) is 0 Å². The van der Waals surface area contributed by atoms with E-state index in [4.69, 9.17) is 23.2 Å². The normalized spacial score (nSPS) is 10.3. The monoisotopic (exact) mass is 290 g/mol. The van der Waals surface area contributed by atoms with Crippen LogP contribution in [0, 0.1) is 5.92 Å². The number of benzene rings is 1. The second-order valence-corrected chi connectivity index (χ2v) is 4.37. The number of esters is 2. The van der Waals surface area contributed by atoms with E-state index in [0.29, 0.717) is 15.6 Å². The smallest absolute Gasteiger partial charge is 0.320 e. The Morgan fingerprint density at radius 1 is 1.11 bits per heavy atom. The van der Waals surface area contributed by atoms with Crippen molar-refractivity contribution in [3.8, 4) is 0 Å². The molecular formula is C12H12Cl2O4. The molecule has 0 aliphatic heterocycles. The molecule has 1 aromatic rings. The highest BCUT2D eigenvalue weighted by molar-refractivity contribution is 6.42. The molecule has 0 heterocycles. The zero-order chi connectivity index (χ0) is 13.7. The minimum absolute atomic E-state index is 0.149. The van der Waals surface area contributed by atoms with Gasteiger partial charge in [-0.15, -0.1) is 0 Å². The first-order chi connectivity index (χ1) is 8.49. The third kappa shape index (κ3) is 3.62. The van der Waals surface area contributed by atoms with Crippen LogP contribution < -0.4 is 0 Å². The van der Waals surface area contributed by atoms with Crippen LogP contribution in [0.5, 0.6) is 0 Å². The molecule has 0 aliphatic rings. The summed E-state index contributed by atoms with van der Waals surface area (Å²) in [6, 6.07) is 4.89. The van der Waals surface area contributed by atoms with Crippen LogP contribution in [0.15, 0.2) is 18.2 Å². The molecule has 6 heteroatoms. The predicted molar refractivity (Wildman–Crippen MR) is 67.7 cm³/mol. The lowest BCUT2D eigenvalue weighted by atomic mass is 9.99. The summed E-state index contributed by atoms with van der Waals surface area (Å²) < 4.78 is 9.13. The molecule has 98 valence electrons. The van der Waals surface area contributed by atoms with E-state index >= 15 is 0 Å². The topological polar surface area (TPSA) is 52.6 Å². The molecule has 0 spiro atoms. The third-order valence-electron chi connectivity index (χ3n) is 2.40. The summed E-state index contributed by atoms with van der Waals surface area (Å²) in [5.74, 6) is -2.29. The molecule has 0 saturated heterocycles. The first-order valence-electron chi connectivity index (χ1n) is 5.09. The predicted octanol–water partition coefficient (Wildman–Crippen LogP) is 2.50. The molecule has 0 atom stereocenters. The standard InChI is InChI=1S/C12H12Cl2O4/c1-17-11(15)8(12(16)18-2)5-7-3-4-9(13)10(14)6-7/h3-4,6,8H,5H2,1-2H3. The van der Waals surface area contributed by atoms with E-state index in [2.05, 4.69) is 9.47 Å². The van der Waals surface area contributed by atoms with E-state index in [0.717, 1.165) is 0 Å². The minimum Gasteiger partial charge on any atom is -0.468 e. The van der Waals surface area contributed by atoms with Gasteiger partial charge in [-0.1, -0.05) is 29.3 Å². The highest BCUT2D eigenvalue weighted by Crippen LogP contribution is 2.24. The lowest BCUT2D eigenvalue weighted by molar-refractivity contribution is -0.158. The maximum absolute atomic E-state index is 11.5. The summed E-state index contributed by atoms with van der Waals surface area (Å²) in [6.45, 7) is 0. The lowest BCUT2D eigenvalue weighted by Gasteiger charge is -2.12. The van der Waals surface area contributed by atoms with Crippen LogP contribution >= 0.6 is 23.2 Å². The Labute approximate surface area is 115 Å². The summed E-state index contributed by atoms with van der Waals surface area (Å²) in [7, 11) is 2.43. The van der Waals surface area contributed by atoms with E-state index in [1.165, 1.54) is 14.2 Å². The summed E-state index contributed by atoms with van der Waals surface area (Å²) in [4.78, 5) is 23.0. The fourth-order valence-electron chi connectivity index (χ4n) is 1.45. The van der Waals surface area contributed by atoms with Crippen molar-refractivity contribution in [3.63, 3.8) is 0 Å². The third-order valence-corrected chi connectivity index (χ3v) is 3.13. The SMILES string of the molecule is COC(=O)C(Cc1ccc(Cl)c(Cl)c1)C(=O)OC. The summed E-state index contributed by atoms with van der Waals surface area (Å²) in [5, 5.41) is 0.774. The van der Waals surface area contributed by atoms with Crippen LogP contribution in [0.2, 0.25) is 10.0 Å². The number of hydrogen-bond donors (Lipinski definition) is 0. The maximum Gasteiger partial charge on any atom is 0.320 e. The number of methoxy groups -OCH3 is 2. The van der Waals surface area contributed by atoms with Gasteiger partial charge in [-0.25, -0.2) is 0 Å². The van der Waals surface area contributed by atoms with Gasteiger partial charge in [-0.05, 0) is 24.1 Å². The van der Waals surface area contributed by atoms with Gasteiger partial charge in [-0.2, -0.15) is 0 Å². The highest BCUT2D eigenvalue weighted by Gasteiger charge is 2.28. The first-order valence-corrected chi connectivity index (χ1v) is 5.84.